The van der Waals surface area contributed by atoms with Gasteiger partial charge in [-0.05, 0) is 60.4 Å². The van der Waals surface area contributed by atoms with Crippen molar-refractivity contribution in [3.8, 4) is 0 Å². The second-order valence-corrected chi connectivity index (χ2v) is 8.42. The van der Waals surface area contributed by atoms with Crippen molar-refractivity contribution in [1.29, 1.82) is 0 Å². The van der Waals surface area contributed by atoms with Gasteiger partial charge in [0.15, 0.2) is 0 Å². The molecule has 2 aromatic rings. The first-order valence-electron chi connectivity index (χ1n) is 9.23. The van der Waals surface area contributed by atoms with Crippen LogP contribution in [-0.4, -0.2) is 28.9 Å². The summed E-state index contributed by atoms with van der Waals surface area (Å²) in [5.74, 6) is -2.26. The molecule has 6 nitrogen and oxygen atoms in total. The summed E-state index contributed by atoms with van der Waals surface area (Å²) >= 11 is 9.21. The van der Waals surface area contributed by atoms with Crippen molar-refractivity contribution in [1.82, 2.24) is 10.6 Å². The fraction of sp³-hybridized carbons (Fsp3) is 0.227. The maximum absolute atomic E-state index is 12.8. The van der Waals surface area contributed by atoms with E-state index in [1.54, 1.807) is 48.5 Å². The molecular weight excluding hydrogens is 472 g/mol. The second-order valence-electron chi connectivity index (χ2n) is 7.06. The summed E-state index contributed by atoms with van der Waals surface area (Å²) in [4.78, 5) is 37.0. The molecule has 0 spiro atoms. The molecule has 0 bridgehead atoms. The lowest BCUT2D eigenvalue weighted by Gasteiger charge is -2.18. The monoisotopic (exact) mass is 492 g/mol. The average Bonchev–Trinajstić information content (AvgIpc) is 2.68. The zero-order valence-corrected chi connectivity index (χ0v) is 18.8. The van der Waals surface area contributed by atoms with E-state index in [1.807, 2.05) is 13.8 Å². The molecule has 158 valence electrons. The number of amides is 2. The summed E-state index contributed by atoms with van der Waals surface area (Å²) in [7, 11) is 0. The maximum atomic E-state index is 12.8. The van der Waals surface area contributed by atoms with Gasteiger partial charge in [0.1, 0.15) is 11.7 Å². The van der Waals surface area contributed by atoms with E-state index < -0.39 is 23.8 Å². The Balaban J connectivity index is 2.31. The summed E-state index contributed by atoms with van der Waals surface area (Å²) in [6, 6.07) is 12.2. The minimum Gasteiger partial charge on any atom is -0.480 e. The lowest BCUT2D eigenvalue weighted by Crippen LogP contribution is -2.45. The Morgan fingerprint density at radius 3 is 2.20 bits per heavy atom. The van der Waals surface area contributed by atoms with Crippen molar-refractivity contribution < 1.29 is 19.5 Å². The highest BCUT2D eigenvalue weighted by Crippen LogP contribution is 2.14. The van der Waals surface area contributed by atoms with Crippen LogP contribution in [0.15, 0.2) is 58.7 Å². The first-order valence-corrected chi connectivity index (χ1v) is 10.4. The molecule has 0 saturated carbocycles. The Kier molecular flexibility index (Phi) is 8.62. The van der Waals surface area contributed by atoms with Gasteiger partial charge < -0.3 is 15.7 Å². The highest BCUT2D eigenvalue weighted by molar-refractivity contribution is 9.10. The van der Waals surface area contributed by atoms with Crippen LogP contribution in [0.25, 0.3) is 6.08 Å². The van der Waals surface area contributed by atoms with Crippen molar-refractivity contribution in [2.24, 2.45) is 5.92 Å². The number of hydrogen-bond donors (Lipinski definition) is 3. The molecule has 0 aliphatic rings. The number of carboxylic acids is 1. The van der Waals surface area contributed by atoms with Gasteiger partial charge in [-0.1, -0.05) is 53.5 Å². The van der Waals surface area contributed by atoms with E-state index in [0.29, 0.717) is 16.1 Å². The van der Waals surface area contributed by atoms with Crippen LogP contribution in [0.5, 0.6) is 0 Å². The smallest absolute Gasteiger partial charge is 0.326 e. The van der Waals surface area contributed by atoms with Crippen LogP contribution in [-0.2, 0) is 9.59 Å². The van der Waals surface area contributed by atoms with Gasteiger partial charge in [0.05, 0.1) is 0 Å². The SMILES string of the molecule is CC(C)C[C@H](NC(=O)/C(=C\c1ccc(Cl)cc1)NC(=O)c1ccc(Br)cc1)C(=O)O. The zero-order chi connectivity index (χ0) is 22.3. The Morgan fingerprint density at radius 1 is 1.07 bits per heavy atom. The number of nitrogens with one attached hydrogen (secondary N) is 2. The number of carbonyl (C=O) groups excluding carboxylic acids is 2. The molecule has 30 heavy (non-hydrogen) atoms. The molecule has 2 aromatic carbocycles. The van der Waals surface area contributed by atoms with E-state index in [9.17, 15) is 19.5 Å². The van der Waals surface area contributed by atoms with Crippen molar-refractivity contribution in [3.63, 3.8) is 0 Å². The first-order chi connectivity index (χ1) is 14.2. The molecule has 0 radical (unpaired) electrons. The Labute approximate surface area is 188 Å². The van der Waals surface area contributed by atoms with Gasteiger partial charge in [-0.2, -0.15) is 0 Å². The number of benzene rings is 2. The molecule has 0 aromatic heterocycles. The van der Waals surface area contributed by atoms with Crippen molar-refractivity contribution in [3.05, 3.63) is 74.9 Å². The third-order valence-corrected chi connectivity index (χ3v) is 4.87. The van der Waals surface area contributed by atoms with E-state index in [2.05, 4.69) is 26.6 Å². The lowest BCUT2D eigenvalue weighted by atomic mass is 10.0. The standard InChI is InChI=1S/C22H22BrClN2O4/c1-13(2)11-19(22(29)30)26-21(28)18(12-14-3-9-17(24)10-4-14)25-20(27)15-5-7-16(23)8-6-15/h3-10,12-13,19H,11H2,1-2H3,(H,25,27)(H,26,28)(H,29,30)/b18-12+/t19-/m0/s1. The van der Waals surface area contributed by atoms with Gasteiger partial charge in [0, 0.05) is 15.1 Å². The molecule has 0 aliphatic heterocycles. The molecule has 2 amide bonds. The van der Waals surface area contributed by atoms with E-state index in [1.165, 1.54) is 6.08 Å². The molecule has 3 N–H and O–H groups in total. The van der Waals surface area contributed by atoms with Crippen molar-refractivity contribution >= 4 is 51.4 Å². The Morgan fingerprint density at radius 2 is 1.67 bits per heavy atom. The van der Waals surface area contributed by atoms with Crippen LogP contribution in [0.2, 0.25) is 5.02 Å². The summed E-state index contributed by atoms with van der Waals surface area (Å²) < 4.78 is 0.812. The maximum Gasteiger partial charge on any atom is 0.326 e. The molecule has 1 atom stereocenters. The first kappa shape index (κ1) is 23.6. The quantitative estimate of drug-likeness (QED) is 0.472. The van der Waals surface area contributed by atoms with Crippen LogP contribution in [0, 0.1) is 5.92 Å². The van der Waals surface area contributed by atoms with Gasteiger partial charge in [0.25, 0.3) is 11.8 Å². The number of rotatable bonds is 8. The summed E-state index contributed by atoms with van der Waals surface area (Å²) in [5, 5.41) is 15.0. The van der Waals surface area contributed by atoms with Crippen LogP contribution >= 0.6 is 27.5 Å². The Hall–Kier alpha value is -2.64. The number of hydrogen-bond acceptors (Lipinski definition) is 3. The molecule has 0 fully saturated rings. The number of carboxylic acid groups (broad SMARTS) is 1. The Bertz CT molecular complexity index is 941. The third kappa shape index (κ3) is 7.31. The van der Waals surface area contributed by atoms with Gasteiger partial charge >= 0.3 is 5.97 Å². The summed E-state index contributed by atoms with van der Waals surface area (Å²) in [5.41, 5.74) is 0.904. The van der Waals surface area contributed by atoms with E-state index in [0.717, 1.165) is 4.47 Å². The summed E-state index contributed by atoms with van der Waals surface area (Å²) in [6.45, 7) is 3.73. The fourth-order valence-electron chi connectivity index (χ4n) is 2.61. The minimum absolute atomic E-state index is 0.0625. The van der Waals surface area contributed by atoms with Crippen LogP contribution in [0.1, 0.15) is 36.2 Å². The molecular formula is C22H22BrClN2O4. The van der Waals surface area contributed by atoms with Gasteiger partial charge in [-0.25, -0.2) is 4.79 Å². The largest absolute Gasteiger partial charge is 0.480 e. The van der Waals surface area contributed by atoms with Crippen LogP contribution in [0.4, 0.5) is 0 Å². The minimum atomic E-state index is -1.14. The summed E-state index contributed by atoms with van der Waals surface area (Å²) in [6.07, 6.45) is 1.73. The molecule has 8 heteroatoms. The normalized spacial score (nSPS) is 12.4. The van der Waals surface area contributed by atoms with Crippen molar-refractivity contribution in [2.45, 2.75) is 26.3 Å². The van der Waals surface area contributed by atoms with Crippen LogP contribution < -0.4 is 10.6 Å². The molecule has 2 rings (SSSR count). The highest BCUT2D eigenvalue weighted by Gasteiger charge is 2.24. The number of halogens is 2. The lowest BCUT2D eigenvalue weighted by molar-refractivity contribution is -0.141. The molecule has 0 unspecified atom stereocenters. The topological polar surface area (TPSA) is 95.5 Å². The van der Waals surface area contributed by atoms with E-state index in [-0.39, 0.29) is 18.0 Å². The van der Waals surface area contributed by atoms with E-state index >= 15 is 0 Å². The third-order valence-electron chi connectivity index (χ3n) is 4.09. The zero-order valence-electron chi connectivity index (χ0n) is 16.5. The average molecular weight is 494 g/mol. The van der Waals surface area contributed by atoms with Gasteiger partial charge in [-0.3, -0.25) is 9.59 Å². The highest BCUT2D eigenvalue weighted by atomic mass is 79.9. The van der Waals surface area contributed by atoms with E-state index in [4.69, 9.17) is 11.6 Å². The number of aliphatic carboxylic acids is 1. The van der Waals surface area contributed by atoms with Gasteiger partial charge in [-0.15, -0.1) is 0 Å². The van der Waals surface area contributed by atoms with Gasteiger partial charge in [0.2, 0.25) is 0 Å². The predicted molar refractivity (Wildman–Crippen MR) is 120 cm³/mol. The fourth-order valence-corrected chi connectivity index (χ4v) is 3.00. The van der Waals surface area contributed by atoms with Crippen molar-refractivity contribution in [2.75, 3.05) is 0 Å². The van der Waals surface area contributed by atoms with Crippen LogP contribution in [0.3, 0.4) is 0 Å². The number of carbonyl (C=O) groups is 3. The second kappa shape index (κ2) is 10.9. The predicted octanol–water partition coefficient (Wildman–Crippen LogP) is 4.49. The molecule has 0 aliphatic carbocycles. The molecule has 0 heterocycles. The molecule has 0 saturated heterocycles.